The van der Waals surface area contributed by atoms with Crippen molar-refractivity contribution in [1.29, 1.82) is 0 Å². The second-order valence-corrected chi connectivity index (χ2v) is 5.73. The summed E-state index contributed by atoms with van der Waals surface area (Å²) in [5, 5.41) is 13.1. The molecule has 0 bridgehead atoms. The molecule has 0 radical (unpaired) electrons. The van der Waals surface area contributed by atoms with Gasteiger partial charge in [-0.2, -0.15) is 4.98 Å². The van der Waals surface area contributed by atoms with E-state index in [0.29, 0.717) is 29.7 Å². The smallest absolute Gasteiger partial charge is 0.335 e. The van der Waals surface area contributed by atoms with Crippen molar-refractivity contribution in [2.45, 2.75) is 32.2 Å². The fourth-order valence-corrected chi connectivity index (χ4v) is 3.00. The fourth-order valence-electron chi connectivity index (χ4n) is 3.00. The summed E-state index contributed by atoms with van der Waals surface area (Å²) in [5.41, 5.74) is 1.44. The average molecular weight is 301 g/mol. The minimum atomic E-state index is -0.878. The number of hydrogen-bond donors (Lipinski definition) is 1. The van der Waals surface area contributed by atoms with Gasteiger partial charge in [0.2, 0.25) is 5.89 Å². The number of carboxylic acids is 1. The minimum absolute atomic E-state index is 0.348. The Bertz CT molecular complexity index is 668. The van der Waals surface area contributed by atoms with Crippen LogP contribution in [-0.4, -0.2) is 39.2 Å². The van der Waals surface area contributed by atoms with Crippen LogP contribution in [0.2, 0.25) is 0 Å². The highest BCUT2D eigenvalue weighted by molar-refractivity contribution is 5.87. The molecule has 6 nitrogen and oxygen atoms in total. The van der Waals surface area contributed by atoms with Gasteiger partial charge in [0.05, 0.1) is 12.1 Å². The van der Waals surface area contributed by atoms with E-state index in [1.54, 1.807) is 19.1 Å². The molecule has 116 valence electrons. The Labute approximate surface area is 128 Å². The number of aromatic nitrogens is 2. The van der Waals surface area contributed by atoms with E-state index in [1.165, 1.54) is 0 Å². The van der Waals surface area contributed by atoms with Crippen molar-refractivity contribution < 1.29 is 14.4 Å². The maximum Gasteiger partial charge on any atom is 0.335 e. The Hall–Kier alpha value is -2.21. The first-order valence-corrected chi connectivity index (χ1v) is 7.46. The molecule has 0 saturated carbocycles. The van der Waals surface area contributed by atoms with Crippen molar-refractivity contribution in [3.63, 3.8) is 0 Å². The molecule has 1 aromatic heterocycles. The van der Waals surface area contributed by atoms with Crippen molar-refractivity contribution in [3.8, 4) is 0 Å². The van der Waals surface area contributed by atoms with Crippen molar-refractivity contribution in [2.24, 2.45) is 0 Å². The van der Waals surface area contributed by atoms with Crippen LogP contribution in [-0.2, 0) is 6.54 Å². The summed E-state index contributed by atoms with van der Waals surface area (Å²) in [6, 6.07) is 7.25. The van der Waals surface area contributed by atoms with E-state index in [9.17, 15) is 4.79 Å². The molecule has 2 heterocycles. The van der Waals surface area contributed by atoms with Crippen LogP contribution in [0, 0.1) is 6.92 Å². The fraction of sp³-hybridized carbons (Fsp3) is 0.438. The summed E-state index contributed by atoms with van der Waals surface area (Å²) in [4.78, 5) is 17.6. The van der Waals surface area contributed by atoms with Crippen molar-refractivity contribution >= 4 is 5.97 Å². The molecule has 1 fully saturated rings. The number of nitrogens with zero attached hydrogens (tertiary/aromatic N) is 3. The van der Waals surface area contributed by atoms with Gasteiger partial charge in [-0.25, -0.2) is 4.79 Å². The maximum atomic E-state index is 11.1. The largest absolute Gasteiger partial charge is 0.478 e. The second kappa shape index (κ2) is 6.27. The first-order valence-electron chi connectivity index (χ1n) is 7.46. The van der Waals surface area contributed by atoms with Gasteiger partial charge in [0, 0.05) is 13.5 Å². The van der Waals surface area contributed by atoms with Crippen LogP contribution < -0.4 is 0 Å². The SMILES string of the molecule is Cc1nc(CN2CCC[C@@H](c3cccc(C(=O)O)c3)C2)no1. The third kappa shape index (κ3) is 3.33. The zero-order chi connectivity index (χ0) is 15.5. The number of likely N-dealkylation sites (tertiary alicyclic amines) is 1. The van der Waals surface area contributed by atoms with Crippen LogP contribution in [0.5, 0.6) is 0 Å². The molecule has 1 atom stereocenters. The van der Waals surface area contributed by atoms with E-state index < -0.39 is 5.97 Å². The number of piperidine rings is 1. The highest BCUT2D eigenvalue weighted by atomic mass is 16.5. The van der Waals surface area contributed by atoms with Crippen LogP contribution >= 0.6 is 0 Å². The van der Waals surface area contributed by atoms with Gasteiger partial charge in [-0.1, -0.05) is 17.3 Å². The maximum absolute atomic E-state index is 11.1. The average Bonchev–Trinajstić information content (AvgIpc) is 2.93. The Morgan fingerprint density at radius 1 is 1.50 bits per heavy atom. The van der Waals surface area contributed by atoms with Crippen LogP contribution in [0.1, 0.15) is 46.4 Å². The molecule has 1 aromatic carbocycles. The molecular formula is C16H19N3O3. The summed E-state index contributed by atoms with van der Waals surface area (Å²) in [6.45, 7) is 4.35. The van der Waals surface area contributed by atoms with Crippen LogP contribution in [0.4, 0.5) is 0 Å². The topological polar surface area (TPSA) is 79.5 Å². The second-order valence-electron chi connectivity index (χ2n) is 5.73. The molecule has 1 aliphatic heterocycles. The van der Waals surface area contributed by atoms with Gasteiger partial charge >= 0.3 is 5.97 Å². The highest BCUT2D eigenvalue weighted by Crippen LogP contribution is 2.28. The van der Waals surface area contributed by atoms with Crippen LogP contribution in [0.25, 0.3) is 0 Å². The van der Waals surface area contributed by atoms with Crippen LogP contribution in [0.15, 0.2) is 28.8 Å². The first kappa shape index (κ1) is 14.7. The van der Waals surface area contributed by atoms with Crippen molar-refractivity contribution in [1.82, 2.24) is 15.0 Å². The lowest BCUT2D eigenvalue weighted by molar-refractivity contribution is 0.0696. The van der Waals surface area contributed by atoms with Crippen LogP contribution in [0.3, 0.4) is 0 Å². The Morgan fingerprint density at radius 3 is 3.09 bits per heavy atom. The molecule has 2 aromatic rings. The third-order valence-electron chi connectivity index (χ3n) is 4.05. The summed E-state index contributed by atoms with van der Waals surface area (Å²) < 4.78 is 5.01. The predicted octanol–water partition coefficient (Wildman–Crippen LogP) is 2.46. The summed E-state index contributed by atoms with van der Waals surface area (Å²) in [7, 11) is 0. The molecule has 1 aliphatic rings. The zero-order valence-corrected chi connectivity index (χ0v) is 12.5. The molecule has 0 aliphatic carbocycles. The standard InChI is InChI=1S/C16H19N3O3/c1-11-17-15(18-22-11)10-19-7-3-6-14(9-19)12-4-2-5-13(8-12)16(20)21/h2,4-5,8,14H,3,6-7,9-10H2,1H3,(H,20,21)/t14-/m1/s1. The number of benzene rings is 1. The molecule has 0 spiro atoms. The van der Waals surface area contributed by atoms with Gasteiger partial charge < -0.3 is 9.63 Å². The molecular weight excluding hydrogens is 282 g/mol. The summed E-state index contributed by atoms with van der Waals surface area (Å²) >= 11 is 0. The summed E-state index contributed by atoms with van der Waals surface area (Å²) in [6.07, 6.45) is 2.16. The van der Waals surface area contributed by atoms with E-state index in [2.05, 4.69) is 15.0 Å². The number of rotatable bonds is 4. The molecule has 1 N–H and O–H groups in total. The Morgan fingerprint density at radius 2 is 2.36 bits per heavy atom. The lowest BCUT2D eigenvalue weighted by atomic mass is 9.89. The van der Waals surface area contributed by atoms with E-state index >= 15 is 0 Å². The van der Waals surface area contributed by atoms with E-state index in [1.807, 2.05) is 12.1 Å². The number of carbonyl (C=O) groups is 1. The van der Waals surface area contributed by atoms with Crippen molar-refractivity contribution in [2.75, 3.05) is 13.1 Å². The summed E-state index contributed by atoms with van der Waals surface area (Å²) in [5.74, 6) is 0.757. The van der Waals surface area contributed by atoms with E-state index in [0.717, 1.165) is 31.5 Å². The highest BCUT2D eigenvalue weighted by Gasteiger charge is 2.23. The Kier molecular flexibility index (Phi) is 4.20. The van der Waals surface area contributed by atoms with Crippen molar-refractivity contribution in [3.05, 3.63) is 47.1 Å². The molecule has 0 amide bonds. The van der Waals surface area contributed by atoms with Gasteiger partial charge in [0.1, 0.15) is 0 Å². The number of aromatic carboxylic acids is 1. The van der Waals surface area contributed by atoms with Gasteiger partial charge in [-0.05, 0) is 43.0 Å². The zero-order valence-electron chi connectivity index (χ0n) is 12.5. The number of carboxylic acid groups (broad SMARTS) is 1. The third-order valence-corrected chi connectivity index (χ3v) is 4.05. The minimum Gasteiger partial charge on any atom is -0.478 e. The van der Waals surface area contributed by atoms with Gasteiger partial charge in [-0.15, -0.1) is 0 Å². The van der Waals surface area contributed by atoms with E-state index in [-0.39, 0.29) is 0 Å². The monoisotopic (exact) mass is 301 g/mol. The molecule has 6 heteroatoms. The quantitative estimate of drug-likeness (QED) is 0.934. The van der Waals surface area contributed by atoms with Gasteiger partial charge in [-0.3, -0.25) is 4.90 Å². The first-order chi connectivity index (χ1) is 10.6. The van der Waals surface area contributed by atoms with Gasteiger partial charge in [0.15, 0.2) is 5.82 Å². The molecule has 3 rings (SSSR count). The lowest BCUT2D eigenvalue weighted by Gasteiger charge is -2.32. The number of hydrogen-bond acceptors (Lipinski definition) is 5. The molecule has 1 saturated heterocycles. The van der Waals surface area contributed by atoms with E-state index in [4.69, 9.17) is 9.63 Å². The normalized spacial score (nSPS) is 19.2. The molecule has 22 heavy (non-hydrogen) atoms. The molecule has 0 unspecified atom stereocenters. The Balaban J connectivity index is 1.70. The lowest BCUT2D eigenvalue weighted by Crippen LogP contribution is -2.34. The number of aryl methyl sites for hydroxylation is 1. The predicted molar refractivity (Wildman–Crippen MR) is 79.7 cm³/mol. The van der Waals surface area contributed by atoms with Gasteiger partial charge in [0.25, 0.3) is 0 Å².